The van der Waals surface area contributed by atoms with Crippen molar-refractivity contribution in [1.82, 2.24) is 9.88 Å². The maximum atomic E-state index is 12.1. The highest BCUT2D eigenvalue weighted by molar-refractivity contribution is 5.92. The van der Waals surface area contributed by atoms with E-state index in [-0.39, 0.29) is 23.7 Å². The van der Waals surface area contributed by atoms with Crippen LogP contribution in [0.2, 0.25) is 0 Å². The number of hydrogen-bond donors (Lipinski definition) is 0. The second-order valence-corrected chi connectivity index (χ2v) is 4.97. The van der Waals surface area contributed by atoms with Crippen LogP contribution in [0.5, 0.6) is 0 Å². The van der Waals surface area contributed by atoms with Gasteiger partial charge in [0.15, 0.2) is 0 Å². The summed E-state index contributed by atoms with van der Waals surface area (Å²) in [4.78, 5) is 29.3. The third-order valence-electron chi connectivity index (χ3n) is 3.53. The molecule has 2 unspecified atom stereocenters. The third kappa shape index (κ3) is 3.23. The van der Waals surface area contributed by atoms with E-state index in [0.29, 0.717) is 13.1 Å². The number of likely N-dealkylation sites (tertiary alicyclic amines) is 1. The van der Waals surface area contributed by atoms with Crippen LogP contribution < -0.4 is 0 Å². The van der Waals surface area contributed by atoms with E-state index in [1.165, 1.54) is 13.2 Å². The van der Waals surface area contributed by atoms with Crippen LogP contribution in [-0.2, 0) is 14.3 Å². The van der Waals surface area contributed by atoms with Gasteiger partial charge in [0, 0.05) is 31.6 Å². The zero-order valence-electron chi connectivity index (χ0n) is 11.7. The Hall–Kier alpha value is -2.17. The largest absolute Gasteiger partial charge is 0.469 e. The van der Waals surface area contributed by atoms with E-state index >= 15 is 0 Å². The average molecular weight is 274 g/mol. The number of carbonyl (C=O) groups excluding carboxylic acids is 2. The van der Waals surface area contributed by atoms with Gasteiger partial charge in [-0.2, -0.15) is 0 Å². The second kappa shape index (κ2) is 6.32. The van der Waals surface area contributed by atoms with Gasteiger partial charge in [0.1, 0.15) is 0 Å². The summed E-state index contributed by atoms with van der Waals surface area (Å²) < 4.78 is 4.76. The quantitative estimate of drug-likeness (QED) is 0.617. The third-order valence-corrected chi connectivity index (χ3v) is 3.53. The highest BCUT2D eigenvalue weighted by Gasteiger charge is 2.36. The van der Waals surface area contributed by atoms with E-state index in [2.05, 4.69) is 4.98 Å². The molecule has 0 spiro atoms. The van der Waals surface area contributed by atoms with Crippen molar-refractivity contribution in [2.45, 2.75) is 6.92 Å². The molecule has 1 saturated heterocycles. The first-order valence-corrected chi connectivity index (χ1v) is 6.56. The molecule has 106 valence electrons. The van der Waals surface area contributed by atoms with Gasteiger partial charge in [-0.05, 0) is 23.6 Å². The monoisotopic (exact) mass is 274 g/mol. The molecule has 2 rings (SSSR count). The smallest absolute Gasteiger partial charge is 0.310 e. The van der Waals surface area contributed by atoms with Gasteiger partial charge in [-0.25, -0.2) is 0 Å². The SMILES string of the molecule is COC(=O)C1CN(C(=O)/C=C/c2cccnc2)CC1C. The zero-order chi connectivity index (χ0) is 14.5. The van der Waals surface area contributed by atoms with Crippen molar-refractivity contribution in [2.24, 2.45) is 11.8 Å². The van der Waals surface area contributed by atoms with Crippen LogP contribution in [0.25, 0.3) is 6.08 Å². The van der Waals surface area contributed by atoms with Crippen molar-refractivity contribution < 1.29 is 14.3 Å². The summed E-state index contributed by atoms with van der Waals surface area (Å²) in [5.74, 6) is -0.440. The van der Waals surface area contributed by atoms with Crippen LogP contribution in [-0.4, -0.2) is 42.0 Å². The van der Waals surface area contributed by atoms with Crippen molar-refractivity contribution in [2.75, 3.05) is 20.2 Å². The normalized spacial score (nSPS) is 22.2. The first kappa shape index (κ1) is 14.2. The fourth-order valence-corrected chi connectivity index (χ4v) is 2.35. The molecule has 0 radical (unpaired) electrons. The van der Waals surface area contributed by atoms with Crippen LogP contribution in [0.1, 0.15) is 12.5 Å². The van der Waals surface area contributed by atoms with Crippen molar-refractivity contribution >= 4 is 18.0 Å². The van der Waals surface area contributed by atoms with Gasteiger partial charge >= 0.3 is 5.97 Å². The Morgan fingerprint density at radius 3 is 2.90 bits per heavy atom. The molecule has 2 heterocycles. The number of nitrogens with zero attached hydrogens (tertiary/aromatic N) is 2. The van der Waals surface area contributed by atoms with Crippen LogP contribution in [0.4, 0.5) is 0 Å². The summed E-state index contributed by atoms with van der Waals surface area (Å²) in [7, 11) is 1.38. The summed E-state index contributed by atoms with van der Waals surface area (Å²) in [5, 5.41) is 0. The fourth-order valence-electron chi connectivity index (χ4n) is 2.35. The number of rotatable bonds is 3. The summed E-state index contributed by atoms with van der Waals surface area (Å²) >= 11 is 0. The Bertz CT molecular complexity index is 513. The molecule has 1 amide bonds. The maximum Gasteiger partial charge on any atom is 0.310 e. The van der Waals surface area contributed by atoms with Crippen LogP contribution >= 0.6 is 0 Å². The predicted octanol–water partition coefficient (Wildman–Crippen LogP) is 1.36. The van der Waals surface area contributed by atoms with Gasteiger partial charge in [-0.1, -0.05) is 13.0 Å². The molecule has 0 saturated carbocycles. The maximum absolute atomic E-state index is 12.1. The summed E-state index contributed by atoms with van der Waals surface area (Å²) in [6.45, 7) is 2.96. The van der Waals surface area contributed by atoms with Crippen molar-refractivity contribution in [3.63, 3.8) is 0 Å². The number of amides is 1. The Balaban J connectivity index is 1.98. The summed E-state index contributed by atoms with van der Waals surface area (Å²) in [6, 6.07) is 3.69. The van der Waals surface area contributed by atoms with Gasteiger partial charge in [0.2, 0.25) is 5.91 Å². The Labute approximate surface area is 118 Å². The molecule has 0 aromatic carbocycles. The highest BCUT2D eigenvalue weighted by atomic mass is 16.5. The number of hydrogen-bond acceptors (Lipinski definition) is 4. The first-order chi connectivity index (χ1) is 9.61. The van der Waals surface area contributed by atoms with Crippen molar-refractivity contribution in [3.05, 3.63) is 36.2 Å². The van der Waals surface area contributed by atoms with E-state index < -0.39 is 0 Å². The zero-order valence-corrected chi connectivity index (χ0v) is 11.7. The van der Waals surface area contributed by atoms with Crippen molar-refractivity contribution in [3.8, 4) is 0 Å². The Kier molecular flexibility index (Phi) is 4.50. The number of esters is 1. The van der Waals surface area contributed by atoms with Crippen LogP contribution in [0, 0.1) is 11.8 Å². The molecular formula is C15H18N2O3. The second-order valence-electron chi connectivity index (χ2n) is 4.97. The van der Waals surface area contributed by atoms with Crippen LogP contribution in [0.3, 0.4) is 0 Å². The Morgan fingerprint density at radius 2 is 2.25 bits per heavy atom. The fraction of sp³-hybridized carbons (Fsp3) is 0.400. The molecule has 2 atom stereocenters. The number of carbonyl (C=O) groups is 2. The lowest BCUT2D eigenvalue weighted by Crippen LogP contribution is -2.28. The molecule has 1 aromatic heterocycles. The highest BCUT2D eigenvalue weighted by Crippen LogP contribution is 2.24. The molecule has 1 aliphatic rings. The summed E-state index contributed by atoms with van der Waals surface area (Å²) in [6.07, 6.45) is 6.62. The molecule has 1 aromatic rings. The van der Waals surface area contributed by atoms with E-state index in [4.69, 9.17) is 4.74 Å². The van der Waals surface area contributed by atoms with Gasteiger partial charge in [0.05, 0.1) is 13.0 Å². The lowest BCUT2D eigenvalue weighted by molar-refractivity contribution is -0.146. The lowest BCUT2D eigenvalue weighted by atomic mass is 9.99. The van der Waals surface area contributed by atoms with Gasteiger partial charge in [-0.15, -0.1) is 0 Å². The number of aromatic nitrogens is 1. The molecule has 0 N–H and O–H groups in total. The number of ether oxygens (including phenoxy) is 1. The molecule has 1 fully saturated rings. The van der Waals surface area contributed by atoms with E-state index in [9.17, 15) is 9.59 Å². The molecule has 20 heavy (non-hydrogen) atoms. The van der Waals surface area contributed by atoms with E-state index in [0.717, 1.165) is 5.56 Å². The molecule has 0 aliphatic carbocycles. The molecular weight excluding hydrogens is 256 g/mol. The minimum Gasteiger partial charge on any atom is -0.469 e. The average Bonchev–Trinajstić information content (AvgIpc) is 2.87. The van der Waals surface area contributed by atoms with Crippen molar-refractivity contribution in [1.29, 1.82) is 0 Å². The molecule has 5 heteroatoms. The number of methoxy groups -OCH3 is 1. The lowest BCUT2D eigenvalue weighted by Gasteiger charge is -2.13. The van der Waals surface area contributed by atoms with Crippen LogP contribution in [0.15, 0.2) is 30.6 Å². The van der Waals surface area contributed by atoms with E-state index in [1.54, 1.807) is 23.4 Å². The first-order valence-electron chi connectivity index (χ1n) is 6.56. The molecule has 0 bridgehead atoms. The minimum atomic E-state index is -0.246. The molecule has 1 aliphatic heterocycles. The van der Waals surface area contributed by atoms with Gasteiger partial charge < -0.3 is 9.64 Å². The minimum absolute atomic E-state index is 0.0906. The summed E-state index contributed by atoms with van der Waals surface area (Å²) in [5.41, 5.74) is 0.873. The molecule has 5 nitrogen and oxygen atoms in total. The Morgan fingerprint density at radius 1 is 1.45 bits per heavy atom. The number of pyridine rings is 1. The van der Waals surface area contributed by atoms with Gasteiger partial charge in [-0.3, -0.25) is 14.6 Å². The standard InChI is InChI=1S/C15H18N2O3/c1-11-9-17(10-13(11)15(19)20-2)14(18)6-5-12-4-3-7-16-8-12/h3-8,11,13H,9-10H2,1-2H3/b6-5+. The topological polar surface area (TPSA) is 59.5 Å². The van der Waals surface area contributed by atoms with Gasteiger partial charge in [0.25, 0.3) is 0 Å². The van der Waals surface area contributed by atoms with E-state index in [1.807, 2.05) is 19.1 Å². The predicted molar refractivity (Wildman–Crippen MR) is 74.5 cm³/mol.